The zero-order chi connectivity index (χ0) is 26.2. The van der Waals surface area contributed by atoms with Crippen molar-refractivity contribution in [2.24, 2.45) is 0 Å². The largest absolute Gasteiger partial charge is 0.496 e. The van der Waals surface area contributed by atoms with Crippen LogP contribution in [0.2, 0.25) is 0 Å². The van der Waals surface area contributed by atoms with E-state index >= 15 is 0 Å². The van der Waals surface area contributed by atoms with Gasteiger partial charge in [0, 0.05) is 11.1 Å². The maximum atomic E-state index is 13.9. The van der Waals surface area contributed by atoms with Gasteiger partial charge in [-0.1, -0.05) is 66.1 Å². The zero-order valence-electron chi connectivity index (χ0n) is 20.2. The van der Waals surface area contributed by atoms with Gasteiger partial charge in [0.15, 0.2) is 0 Å². The highest BCUT2D eigenvalue weighted by molar-refractivity contribution is 8.29. The summed E-state index contributed by atoms with van der Waals surface area (Å²) in [5.74, 6) is -1.06. The lowest BCUT2D eigenvalue weighted by atomic mass is 9.83. The third-order valence-electron chi connectivity index (χ3n) is 5.84. The number of carbonyl (C=O) groups is 3. The number of amides is 1. The Labute approximate surface area is 222 Å². The highest BCUT2D eigenvalue weighted by Crippen LogP contribution is 2.56. The van der Waals surface area contributed by atoms with Crippen molar-refractivity contribution in [3.63, 3.8) is 0 Å². The normalized spacial score (nSPS) is 16.6. The quantitative estimate of drug-likeness (QED) is 0.294. The molecule has 0 radical (unpaired) electrons. The highest BCUT2D eigenvalue weighted by atomic mass is 32.2. The number of hydrogen-bond acceptors (Lipinski definition) is 9. The second kappa shape index (κ2) is 10.1. The Morgan fingerprint density at radius 2 is 1.42 bits per heavy atom. The van der Waals surface area contributed by atoms with Crippen LogP contribution in [0.5, 0.6) is 5.75 Å². The van der Waals surface area contributed by atoms with Gasteiger partial charge in [0.2, 0.25) is 0 Å². The van der Waals surface area contributed by atoms with Crippen molar-refractivity contribution < 1.29 is 28.6 Å². The molecular weight excluding hydrogens is 518 g/mol. The molecule has 2 aliphatic rings. The predicted octanol–water partition coefficient (Wildman–Crippen LogP) is 5.21. The number of anilines is 1. The van der Waals surface area contributed by atoms with Crippen molar-refractivity contribution in [1.29, 1.82) is 0 Å². The van der Waals surface area contributed by atoms with Crippen molar-refractivity contribution in [3.05, 3.63) is 73.7 Å². The molecule has 7 nitrogen and oxygen atoms in total. The van der Waals surface area contributed by atoms with E-state index in [1.54, 1.807) is 29.2 Å². The van der Waals surface area contributed by atoms with Crippen molar-refractivity contribution in [3.8, 4) is 5.75 Å². The molecular formula is C26H23NO6S3. The van der Waals surface area contributed by atoms with Crippen LogP contribution in [0.4, 0.5) is 5.69 Å². The first-order chi connectivity index (χ1) is 17.2. The molecule has 0 saturated carbocycles. The average molecular weight is 542 g/mol. The molecule has 0 unspecified atom stereocenters. The molecule has 186 valence electrons. The number of rotatable bonds is 4. The number of esters is 2. The number of carbonyl (C=O) groups excluding carboxylic acids is 3. The van der Waals surface area contributed by atoms with Crippen molar-refractivity contribution in [2.45, 2.75) is 19.4 Å². The summed E-state index contributed by atoms with van der Waals surface area (Å²) in [5, 5.41) is 0. The van der Waals surface area contributed by atoms with E-state index in [1.165, 1.54) is 21.3 Å². The summed E-state index contributed by atoms with van der Waals surface area (Å²) >= 11 is 8.22. The second-order valence-electron chi connectivity index (χ2n) is 8.25. The van der Waals surface area contributed by atoms with E-state index in [2.05, 4.69) is 0 Å². The van der Waals surface area contributed by atoms with Crippen molar-refractivity contribution in [1.82, 2.24) is 0 Å². The molecule has 1 amide bonds. The van der Waals surface area contributed by atoms with Gasteiger partial charge in [0.05, 0.1) is 47.2 Å². The number of methoxy groups -OCH3 is 3. The summed E-state index contributed by atoms with van der Waals surface area (Å²) in [6.45, 7) is 3.75. The second-order valence-corrected chi connectivity index (χ2v) is 11.0. The van der Waals surface area contributed by atoms with Crippen LogP contribution in [0.15, 0.2) is 62.6 Å². The van der Waals surface area contributed by atoms with E-state index in [0.717, 1.165) is 29.1 Å². The number of thioether (sulfide) groups is 2. The van der Waals surface area contributed by atoms with E-state index in [-0.39, 0.29) is 15.7 Å². The Kier molecular flexibility index (Phi) is 7.31. The Bertz CT molecular complexity index is 1330. The van der Waals surface area contributed by atoms with Crippen LogP contribution < -0.4 is 9.64 Å². The van der Waals surface area contributed by atoms with Crippen LogP contribution in [-0.2, 0) is 19.1 Å². The molecule has 2 aromatic carbocycles. The fraction of sp³-hybridized carbons (Fsp3) is 0.231. The van der Waals surface area contributed by atoms with Crippen LogP contribution in [0.1, 0.15) is 29.8 Å². The first-order valence-electron chi connectivity index (χ1n) is 10.8. The summed E-state index contributed by atoms with van der Waals surface area (Å²) in [6, 6.07) is 14.5. The highest BCUT2D eigenvalue weighted by Gasteiger charge is 2.46. The van der Waals surface area contributed by atoms with Crippen molar-refractivity contribution in [2.75, 3.05) is 26.2 Å². The van der Waals surface area contributed by atoms with Gasteiger partial charge < -0.3 is 14.2 Å². The average Bonchev–Trinajstić information content (AvgIpc) is 3.33. The molecule has 2 aromatic rings. The maximum absolute atomic E-state index is 13.9. The van der Waals surface area contributed by atoms with Gasteiger partial charge in [0.25, 0.3) is 5.91 Å². The Hall–Kier alpha value is -3.08. The Balaban J connectivity index is 1.89. The Morgan fingerprint density at radius 1 is 0.861 bits per heavy atom. The van der Waals surface area contributed by atoms with E-state index in [9.17, 15) is 14.4 Å². The fourth-order valence-electron chi connectivity index (χ4n) is 4.07. The van der Waals surface area contributed by atoms with E-state index in [4.69, 9.17) is 26.4 Å². The molecule has 0 atom stereocenters. The van der Waals surface area contributed by atoms with Gasteiger partial charge in [0.1, 0.15) is 15.6 Å². The summed E-state index contributed by atoms with van der Waals surface area (Å²) < 4.78 is 15.9. The fourth-order valence-corrected chi connectivity index (χ4v) is 7.11. The summed E-state index contributed by atoms with van der Waals surface area (Å²) in [4.78, 5) is 41.3. The number of ether oxygens (including phenoxy) is 3. The number of para-hydroxylation sites is 2. The topological polar surface area (TPSA) is 82.1 Å². The molecule has 0 saturated heterocycles. The van der Waals surface area contributed by atoms with E-state index in [0.29, 0.717) is 31.7 Å². The zero-order valence-corrected chi connectivity index (χ0v) is 22.7. The smallest absolute Gasteiger partial charge is 0.346 e. The summed E-state index contributed by atoms with van der Waals surface area (Å²) in [7, 11) is 4.03. The van der Waals surface area contributed by atoms with Crippen LogP contribution in [-0.4, -0.2) is 49.6 Å². The first kappa shape index (κ1) is 26.0. The molecule has 0 aromatic heterocycles. The van der Waals surface area contributed by atoms with Crippen LogP contribution >= 0.6 is 35.7 Å². The lowest BCUT2D eigenvalue weighted by Crippen LogP contribution is -2.56. The molecule has 2 aliphatic heterocycles. The standard InChI is InChI=1S/C26H23NO6S3/c1-26(2)21(34)18(25-35-19(23(29)32-4)20(36-25)24(30)33-5)14-10-6-8-12-16(14)27(26)22(28)15-11-7-9-13-17(15)31-3/h6-13H,1-5H3. The number of benzene rings is 2. The number of hydrogen-bond donors (Lipinski definition) is 0. The molecule has 0 N–H and O–H groups in total. The monoisotopic (exact) mass is 541 g/mol. The third-order valence-corrected chi connectivity index (χ3v) is 9.10. The molecule has 0 fully saturated rings. The minimum atomic E-state index is -0.926. The van der Waals surface area contributed by atoms with Gasteiger partial charge in [-0.25, -0.2) is 9.59 Å². The van der Waals surface area contributed by atoms with Crippen molar-refractivity contribution >= 4 is 69.7 Å². The lowest BCUT2D eigenvalue weighted by Gasteiger charge is -2.45. The van der Waals surface area contributed by atoms with Gasteiger partial charge in [-0.15, -0.1) is 0 Å². The van der Waals surface area contributed by atoms with Crippen LogP contribution in [0.3, 0.4) is 0 Å². The minimum Gasteiger partial charge on any atom is -0.496 e. The number of fused-ring (bicyclic) bond motifs is 1. The SMILES string of the molecule is COC(=O)C1=C(C(=O)OC)SC(=C2C(=S)C(C)(C)N(C(=O)c3ccccc3OC)c3ccccc32)S1. The van der Waals surface area contributed by atoms with E-state index in [1.807, 2.05) is 38.1 Å². The lowest BCUT2D eigenvalue weighted by molar-refractivity contribution is -0.138. The van der Waals surface area contributed by atoms with Gasteiger partial charge in [-0.3, -0.25) is 9.69 Å². The molecule has 2 heterocycles. The number of nitrogens with zero attached hydrogens (tertiary/aromatic N) is 1. The Morgan fingerprint density at radius 3 is 2.00 bits per heavy atom. The predicted molar refractivity (Wildman–Crippen MR) is 146 cm³/mol. The minimum absolute atomic E-state index is 0.141. The first-order valence-corrected chi connectivity index (χ1v) is 12.8. The maximum Gasteiger partial charge on any atom is 0.346 e. The number of thiocarbonyl (C=S) groups is 1. The van der Waals surface area contributed by atoms with Gasteiger partial charge in [-0.2, -0.15) is 0 Å². The summed E-state index contributed by atoms with van der Waals surface area (Å²) in [5.41, 5.74) is 1.54. The van der Waals surface area contributed by atoms with Gasteiger partial charge >= 0.3 is 11.9 Å². The molecule has 0 bridgehead atoms. The molecule has 0 spiro atoms. The molecule has 10 heteroatoms. The third kappa shape index (κ3) is 4.23. The van der Waals surface area contributed by atoms with E-state index < -0.39 is 17.5 Å². The van der Waals surface area contributed by atoms with Crippen LogP contribution in [0.25, 0.3) is 5.57 Å². The summed E-state index contributed by atoms with van der Waals surface area (Å²) in [6.07, 6.45) is 0. The van der Waals surface area contributed by atoms with Gasteiger partial charge in [-0.05, 0) is 32.0 Å². The van der Waals surface area contributed by atoms with Crippen LogP contribution in [0, 0.1) is 0 Å². The molecule has 36 heavy (non-hydrogen) atoms. The molecule has 0 aliphatic carbocycles. The molecule has 4 rings (SSSR count).